The van der Waals surface area contributed by atoms with Gasteiger partial charge >= 0.3 is 0 Å². The van der Waals surface area contributed by atoms with E-state index in [4.69, 9.17) is 16.0 Å². The third-order valence-electron chi connectivity index (χ3n) is 3.30. The molecular weight excluding hydrogens is 270 g/mol. The molecule has 3 heteroatoms. The quantitative estimate of drug-likeness (QED) is 0.824. The number of benzene rings is 1. The Morgan fingerprint density at radius 1 is 1.25 bits per heavy atom. The van der Waals surface area contributed by atoms with E-state index < -0.39 is 0 Å². The molecule has 1 N–H and O–H groups in total. The molecule has 0 saturated carbocycles. The minimum Gasteiger partial charge on any atom is -0.461 e. The fourth-order valence-electron chi connectivity index (χ4n) is 2.22. The van der Waals surface area contributed by atoms with Gasteiger partial charge in [-0.25, -0.2) is 0 Å². The fraction of sp³-hybridized carbons (Fsp3) is 0.412. The molecule has 20 heavy (non-hydrogen) atoms. The number of halogens is 1. The summed E-state index contributed by atoms with van der Waals surface area (Å²) in [6.45, 7) is 7.45. The zero-order valence-electron chi connectivity index (χ0n) is 12.4. The highest BCUT2D eigenvalue weighted by atomic mass is 35.5. The second-order valence-corrected chi connectivity index (χ2v) is 5.72. The van der Waals surface area contributed by atoms with Crippen molar-refractivity contribution in [2.24, 2.45) is 0 Å². The molecule has 2 nitrogen and oxygen atoms in total. The van der Waals surface area contributed by atoms with Crippen LogP contribution in [0.4, 0.5) is 0 Å². The Morgan fingerprint density at radius 3 is 2.80 bits per heavy atom. The van der Waals surface area contributed by atoms with Gasteiger partial charge in [0.15, 0.2) is 0 Å². The summed E-state index contributed by atoms with van der Waals surface area (Å²) >= 11 is 6.24. The Hall–Kier alpha value is -1.25. The zero-order chi connectivity index (χ0) is 14.5. The topological polar surface area (TPSA) is 25.2 Å². The van der Waals surface area contributed by atoms with Crippen LogP contribution in [0.5, 0.6) is 0 Å². The summed E-state index contributed by atoms with van der Waals surface area (Å²) in [7, 11) is 0. The number of furan rings is 1. The van der Waals surface area contributed by atoms with Gasteiger partial charge in [-0.15, -0.1) is 0 Å². The predicted molar refractivity (Wildman–Crippen MR) is 85.4 cm³/mol. The molecule has 108 valence electrons. The molecule has 1 aromatic heterocycles. The number of aryl methyl sites for hydroxylation is 1. The Bertz CT molecular complexity index is 562. The van der Waals surface area contributed by atoms with E-state index in [2.05, 4.69) is 32.2 Å². The van der Waals surface area contributed by atoms with E-state index in [-0.39, 0.29) is 0 Å². The summed E-state index contributed by atoms with van der Waals surface area (Å²) < 4.78 is 5.93. The summed E-state index contributed by atoms with van der Waals surface area (Å²) in [6.07, 6.45) is 2.04. The van der Waals surface area contributed by atoms with Crippen molar-refractivity contribution in [2.45, 2.75) is 39.7 Å². The number of nitrogens with one attached hydrogen (secondary N) is 1. The molecular formula is C17H22ClNO. The van der Waals surface area contributed by atoms with E-state index in [0.717, 1.165) is 41.5 Å². The van der Waals surface area contributed by atoms with Gasteiger partial charge < -0.3 is 9.73 Å². The Morgan fingerprint density at radius 2 is 2.05 bits per heavy atom. The lowest BCUT2D eigenvalue weighted by Crippen LogP contribution is -2.28. The van der Waals surface area contributed by atoms with Crippen LogP contribution in [0.2, 0.25) is 5.02 Å². The molecule has 0 amide bonds. The van der Waals surface area contributed by atoms with Crippen molar-refractivity contribution in [1.29, 1.82) is 0 Å². The third-order valence-corrected chi connectivity index (χ3v) is 3.63. The third kappa shape index (κ3) is 3.87. The van der Waals surface area contributed by atoms with Crippen LogP contribution >= 0.6 is 11.6 Å². The van der Waals surface area contributed by atoms with Crippen molar-refractivity contribution in [3.63, 3.8) is 0 Å². The minimum absolute atomic E-state index is 0.418. The smallest absolute Gasteiger partial charge is 0.135 e. The monoisotopic (exact) mass is 291 g/mol. The Kier molecular flexibility index (Phi) is 5.27. The minimum atomic E-state index is 0.418. The van der Waals surface area contributed by atoms with Crippen molar-refractivity contribution in [3.8, 4) is 11.3 Å². The van der Waals surface area contributed by atoms with E-state index in [1.165, 1.54) is 5.56 Å². The summed E-state index contributed by atoms with van der Waals surface area (Å²) in [4.78, 5) is 0. The first-order valence-electron chi connectivity index (χ1n) is 7.18. The highest BCUT2D eigenvalue weighted by molar-refractivity contribution is 6.33. The lowest BCUT2D eigenvalue weighted by atomic mass is 10.1. The maximum Gasteiger partial charge on any atom is 0.135 e. The first kappa shape index (κ1) is 15.1. The van der Waals surface area contributed by atoms with Crippen molar-refractivity contribution < 1.29 is 4.42 Å². The summed E-state index contributed by atoms with van der Waals surface area (Å²) in [5, 5.41) is 4.19. The van der Waals surface area contributed by atoms with Crippen LogP contribution < -0.4 is 5.32 Å². The van der Waals surface area contributed by atoms with E-state index in [0.29, 0.717) is 6.04 Å². The lowest BCUT2D eigenvalue weighted by Gasteiger charge is -2.11. The molecule has 0 aliphatic heterocycles. The molecule has 2 rings (SSSR count). The largest absolute Gasteiger partial charge is 0.461 e. The number of rotatable bonds is 6. The van der Waals surface area contributed by atoms with E-state index >= 15 is 0 Å². The van der Waals surface area contributed by atoms with Crippen LogP contribution in [0.3, 0.4) is 0 Å². The molecule has 0 bridgehead atoms. The van der Waals surface area contributed by atoms with Crippen LogP contribution in [0.1, 0.15) is 31.6 Å². The SMILES string of the molecule is CCCNC(C)Cc1ccc(-c2cc(C)ccc2Cl)o1. The zero-order valence-corrected chi connectivity index (χ0v) is 13.1. The average molecular weight is 292 g/mol. The molecule has 0 fully saturated rings. The van der Waals surface area contributed by atoms with E-state index in [1.807, 2.05) is 24.3 Å². The molecule has 0 aliphatic carbocycles. The fourth-order valence-corrected chi connectivity index (χ4v) is 2.44. The van der Waals surface area contributed by atoms with Crippen LogP contribution in [-0.2, 0) is 6.42 Å². The molecule has 0 spiro atoms. The first-order valence-corrected chi connectivity index (χ1v) is 7.56. The average Bonchev–Trinajstić information content (AvgIpc) is 2.87. The molecule has 1 unspecified atom stereocenters. The number of hydrogen-bond acceptors (Lipinski definition) is 2. The van der Waals surface area contributed by atoms with Gasteiger partial charge in [0.1, 0.15) is 11.5 Å². The van der Waals surface area contributed by atoms with Gasteiger partial charge in [0, 0.05) is 18.0 Å². The molecule has 2 aromatic rings. The van der Waals surface area contributed by atoms with Crippen LogP contribution in [0.15, 0.2) is 34.7 Å². The normalized spacial score (nSPS) is 12.6. The Balaban J connectivity index is 2.10. The van der Waals surface area contributed by atoms with E-state index in [9.17, 15) is 0 Å². The number of hydrogen-bond donors (Lipinski definition) is 1. The molecule has 0 radical (unpaired) electrons. The Labute approximate surface area is 126 Å². The predicted octanol–water partition coefficient (Wildman–Crippen LogP) is 4.84. The molecule has 0 saturated heterocycles. The van der Waals surface area contributed by atoms with Crippen LogP contribution in [-0.4, -0.2) is 12.6 Å². The van der Waals surface area contributed by atoms with Gasteiger partial charge in [-0.05, 0) is 51.1 Å². The maximum atomic E-state index is 6.24. The molecule has 1 atom stereocenters. The first-order chi connectivity index (χ1) is 9.60. The molecule has 0 aliphatic rings. The standard InChI is InChI=1S/C17H22ClNO/c1-4-9-19-13(3)11-14-6-8-17(20-14)15-10-12(2)5-7-16(15)18/h5-8,10,13,19H,4,9,11H2,1-3H3. The van der Waals surface area contributed by atoms with Crippen molar-refractivity contribution in [2.75, 3.05) is 6.54 Å². The van der Waals surface area contributed by atoms with Crippen LogP contribution in [0, 0.1) is 6.92 Å². The highest BCUT2D eigenvalue weighted by Gasteiger charge is 2.11. The summed E-state index contributed by atoms with van der Waals surface area (Å²) in [5.74, 6) is 1.84. The maximum absolute atomic E-state index is 6.24. The summed E-state index contributed by atoms with van der Waals surface area (Å²) in [5.41, 5.74) is 2.15. The van der Waals surface area contributed by atoms with Gasteiger partial charge in [-0.3, -0.25) is 0 Å². The van der Waals surface area contributed by atoms with Gasteiger partial charge in [-0.1, -0.05) is 30.2 Å². The van der Waals surface area contributed by atoms with Crippen LogP contribution in [0.25, 0.3) is 11.3 Å². The van der Waals surface area contributed by atoms with E-state index in [1.54, 1.807) is 0 Å². The van der Waals surface area contributed by atoms with Crippen molar-refractivity contribution in [1.82, 2.24) is 5.32 Å². The van der Waals surface area contributed by atoms with Gasteiger partial charge in [0.05, 0.1) is 5.02 Å². The van der Waals surface area contributed by atoms with Gasteiger partial charge in [-0.2, -0.15) is 0 Å². The second kappa shape index (κ2) is 6.96. The molecule has 1 aromatic carbocycles. The lowest BCUT2D eigenvalue weighted by molar-refractivity contribution is 0.464. The summed E-state index contributed by atoms with van der Waals surface area (Å²) in [6, 6.07) is 10.4. The second-order valence-electron chi connectivity index (χ2n) is 5.31. The van der Waals surface area contributed by atoms with Gasteiger partial charge in [0.2, 0.25) is 0 Å². The highest BCUT2D eigenvalue weighted by Crippen LogP contribution is 2.30. The van der Waals surface area contributed by atoms with Gasteiger partial charge in [0.25, 0.3) is 0 Å². The molecule has 1 heterocycles. The van der Waals surface area contributed by atoms with Crippen molar-refractivity contribution in [3.05, 3.63) is 46.7 Å². The van der Waals surface area contributed by atoms with Crippen molar-refractivity contribution >= 4 is 11.6 Å².